The third-order valence-electron chi connectivity index (χ3n) is 8.14. The van der Waals surface area contributed by atoms with Gasteiger partial charge in [0.05, 0.1) is 29.7 Å². The van der Waals surface area contributed by atoms with Crippen LogP contribution < -0.4 is 21.1 Å². The first-order chi connectivity index (χ1) is 21.4. The maximum atomic E-state index is 13.4. The van der Waals surface area contributed by atoms with Crippen molar-refractivity contribution in [2.24, 2.45) is 5.92 Å². The lowest BCUT2D eigenvalue weighted by Crippen LogP contribution is -2.47. The molecular weight excluding hydrogens is 556 g/mol. The molecule has 44 heavy (non-hydrogen) atoms. The Morgan fingerprint density at radius 3 is 2.45 bits per heavy atom. The standard InChI is InChI=1S/C35H32N4O5/c1-44-35(43)27-10-5-6-11-28(27)37-34(42)25-15-16-31(29(19-25)36-32(40)17-14-23-8-3-2-4-9-23)38-20-24-18-26(22-38)30-12-7-13-33(41)39(30)21-24/h2-17,19,24,26H,18,20-22H2,1H3,(H,36,40)(H,37,42)/b17-14+/t24-,26+/m1/s1. The van der Waals surface area contributed by atoms with Gasteiger partial charge in [0.1, 0.15) is 0 Å². The molecule has 0 unspecified atom stereocenters. The first-order valence-corrected chi connectivity index (χ1v) is 14.5. The number of piperidine rings is 1. The van der Waals surface area contributed by atoms with Gasteiger partial charge in [0, 0.05) is 49.0 Å². The highest BCUT2D eigenvalue weighted by Crippen LogP contribution is 2.39. The molecule has 2 aliphatic rings. The van der Waals surface area contributed by atoms with Crippen molar-refractivity contribution in [1.82, 2.24) is 4.57 Å². The molecule has 3 aromatic carbocycles. The zero-order chi connectivity index (χ0) is 30.6. The smallest absolute Gasteiger partial charge is 0.339 e. The van der Waals surface area contributed by atoms with Gasteiger partial charge < -0.3 is 24.8 Å². The van der Waals surface area contributed by atoms with E-state index in [9.17, 15) is 19.2 Å². The second-order valence-corrected chi connectivity index (χ2v) is 11.1. The van der Waals surface area contributed by atoms with Crippen LogP contribution in [0.15, 0.2) is 102 Å². The predicted molar refractivity (Wildman–Crippen MR) is 170 cm³/mol. The number of fused-ring (bicyclic) bond motifs is 4. The van der Waals surface area contributed by atoms with Crippen LogP contribution in [-0.4, -0.2) is 42.6 Å². The number of amides is 2. The second-order valence-electron chi connectivity index (χ2n) is 11.1. The maximum absolute atomic E-state index is 13.4. The lowest BCUT2D eigenvalue weighted by atomic mass is 9.83. The van der Waals surface area contributed by atoms with Gasteiger partial charge in [-0.25, -0.2) is 4.79 Å². The number of benzene rings is 3. The number of esters is 1. The normalized spacial score (nSPS) is 17.1. The average molecular weight is 589 g/mol. The number of rotatable bonds is 7. The predicted octanol–water partition coefficient (Wildman–Crippen LogP) is 5.16. The quantitative estimate of drug-likeness (QED) is 0.228. The number of hydrogen-bond donors (Lipinski definition) is 2. The van der Waals surface area contributed by atoms with E-state index < -0.39 is 11.9 Å². The summed E-state index contributed by atoms with van der Waals surface area (Å²) in [5, 5.41) is 5.80. The summed E-state index contributed by atoms with van der Waals surface area (Å²) in [6, 6.07) is 26.8. The van der Waals surface area contributed by atoms with Crippen LogP contribution in [0.25, 0.3) is 6.08 Å². The molecule has 0 aliphatic carbocycles. The molecule has 1 fully saturated rings. The highest BCUT2D eigenvalue weighted by Gasteiger charge is 2.35. The van der Waals surface area contributed by atoms with Gasteiger partial charge in [-0.3, -0.25) is 14.4 Å². The number of para-hydroxylation sites is 1. The van der Waals surface area contributed by atoms with Crippen molar-refractivity contribution in [2.75, 3.05) is 35.7 Å². The summed E-state index contributed by atoms with van der Waals surface area (Å²) in [5.41, 5.74) is 4.08. The van der Waals surface area contributed by atoms with Crippen molar-refractivity contribution in [2.45, 2.75) is 18.9 Å². The Hall–Kier alpha value is -5.44. The molecule has 2 amide bonds. The zero-order valence-electron chi connectivity index (χ0n) is 24.2. The number of carbonyl (C=O) groups is 3. The van der Waals surface area contributed by atoms with Crippen LogP contribution >= 0.6 is 0 Å². The third kappa shape index (κ3) is 6.03. The summed E-state index contributed by atoms with van der Waals surface area (Å²) in [6.07, 6.45) is 4.18. The van der Waals surface area contributed by atoms with Gasteiger partial charge in [0.25, 0.3) is 11.5 Å². The molecule has 2 aliphatic heterocycles. The summed E-state index contributed by atoms with van der Waals surface area (Å²) in [5.74, 6) is -0.907. The van der Waals surface area contributed by atoms with E-state index in [1.807, 2.05) is 53.1 Å². The fraction of sp³-hybridized carbons (Fsp3) is 0.200. The van der Waals surface area contributed by atoms with Crippen LogP contribution in [0.3, 0.4) is 0 Å². The Kier molecular flexibility index (Phi) is 8.10. The minimum atomic E-state index is -0.561. The van der Waals surface area contributed by atoms with Crippen molar-refractivity contribution in [3.8, 4) is 0 Å². The molecule has 1 aromatic heterocycles. The highest BCUT2D eigenvalue weighted by atomic mass is 16.5. The number of aromatic nitrogens is 1. The summed E-state index contributed by atoms with van der Waals surface area (Å²) in [6.45, 7) is 2.02. The molecule has 222 valence electrons. The van der Waals surface area contributed by atoms with E-state index in [1.165, 1.54) is 13.2 Å². The Balaban J connectivity index is 1.31. The number of anilines is 3. The molecule has 9 heteroatoms. The van der Waals surface area contributed by atoms with Crippen molar-refractivity contribution in [3.63, 3.8) is 0 Å². The van der Waals surface area contributed by atoms with Gasteiger partial charge in [-0.15, -0.1) is 0 Å². The van der Waals surface area contributed by atoms with Gasteiger partial charge in [0.2, 0.25) is 5.91 Å². The van der Waals surface area contributed by atoms with Crippen LogP contribution in [0.4, 0.5) is 17.1 Å². The first-order valence-electron chi connectivity index (χ1n) is 14.5. The van der Waals surface area contributed by atoms with Crippen LogP contribution in [0.5, 0.6) is 0 Å². The minimum Gasteiger partial charge on any atom is -0.465 e. The first kappa shape index (κ1) is 28.7. The summed E-state index contributed by atoms with van der Waals surface area (Å²) >= 11 is 0. The van der Waals surface area contributed by atoms with Crippen molar-refractivity contribution in [3.05, 3.63) is 130 Å². The molecule has 9 nitrogen and oxygen atoms in total. The fourth-order valence-corrected chi connectivity index (χ4v) is 6.13. The molecule has 0 spiro atoms. The van der Waals surface area contributed by atoms with Crippen molar-refractivity contribution in [1.29, 1.82) is 0 Å². The van der Waals surface area contributed by atoms with Crippen molar-refractivity contribution < 1.29 is 19.1 Å². The largest absolute Gasteiger partial charge is 0.465 e. The molecule has 0 radical (unpaired) electrons. The summed E-state index contributed by atoms with van der Waals surface area (Å²) < 4.78 is 6.74. The van der Waals surface area contributed by atoms with Gasteiger partial charge in [0.15, 0.2) is 0 Å². The lowest BCUT2D eigenvalue weighted by molar-refractivity contribution is -0.111. The molecule has 1 saturated heterocycles. The number of methoxy groups -OCH3 is 1. The molecule has 6 rings (SSSR count). The fourth-order valence-electron chi connectivity index (χ4n) is 6.13. The summed E-state index contributed by atoms with van der Waals surface area (Å²) in [7, 11) is 1.28. The van der Waals surface area contributed by atoms with Crippen molar-refractivity contribution >= 4 is 40.9 Å². The van der Waals surface area contributed by atoms with E-state index in [2.05, 4.69) is 15.5 Å². The van der Waals surface area contributed by atoms with Gasteiger partial charge in [-0.2, -0.15) is 0 Å². The average Bonchev–Trinajstić information content (AvgIpc) is 3.04. The van der Waals surface area contributed by atoms with E-state index in [4.69, 9.17) is 4.74 Å². The van der Waals surface area contributed by atoms with Gasteiger partial charge >= 0.3 is 5.97 Å². The number of carbonyl (C=O) groups excluding carboxylic acids is 3. The van der Waals surface area contributed by atoms with E-state index in [-0.39, 0.29) is 28.9 Å². The van der Waals surface area contributed by atoms with E-state index in [0.717, 1.165) is 23.4 Å². The van der Waals surface area contributed by atoms with Crippen LogP contribution in [0.1, 0.15) is 44.3 Å². The van der Waals surface area contributed by atoms with E-state index >= 15 is 0 Å². The molecule has 4 aromatic rings. The van der Waals surface area contributed by atoms with Gasteiger partial charge in [-0.1, -0.05) is 48.5 Å². The summed E-state index contributed by atoms with van der Waals surface area (Å²) in [4.78, 5) is 53.5. The molecule has 3 heterocycles. The maximum Gasteiger partial charge on any atom is 0.339 e. The zero-order valence-corrected chi connectivity index (χ0v) is 24.2. The number of hydrogen-bond acceptors (Lipinski definition) is 6. The van der Waals surface area contributed by atoms with E-state index in [1.54, 1.807) is 48.5 Å². The third-order valence-corrected chi connectivity index (χ3v) is 8.14. The second kappa shape index (κ2) is 12.4. The molecule has 2 N–H and O–H groups in total. The number of nitrogens with one attached hydrogen (secondary N) is 2. The molecule has 2 atom stereocenters. The Morgan fingerprint density at radius 2 is 1.64 bits per heavy atom. The minimum absolute atomic E-state index is 0.0212. The lowest BCUT2D eigenvalue weighted by Gasteiger charge is -2.44. The Labute approximate surface area is 254 Å². The number of nitrogens with zero attached hydrogens (tertiary/aromatic N) is 2. The molecule has 0 saturated carbocycles. The van der Waals surface area contributed by atoms with E-state index in [0.29, 0.717) is 36.6 Å². The SMILES string of the molecule is COC(=O)c1ccccc1NC(=O)c1ccc(N2C[C@H]3C[C@@H](C2)c2cccc(=O)n2C3)c(NC(=O)/C=C/c2ccccc2)c1. The highest BCUT2D eigenvalue weighted by molar-refractivity contribution is 6.10. The van der Waals surface area contributed by atoms with Gasteiger partial charge in [-0.05, 0) is 60.4 Å². The Morgan fingerprint density at radius 1 is 0.841 bits per heavy atom. The monoisotopic (exact) mass is 588 g/mol. The van der Waals surface area contributed by atoms with Crippen LogP contribution in [0, 0.1) is 5.92 Å². The number of pyridine rings is 1. The number of ether oxygens (including phenoxy) is 1. The molecule has 2 bridgehead atoms. The molecular formula is C35H32N4O5. The van der Waals surface area contributed by atoms with Crippen LogP contribution in [0.2, 0.25) is 0 Å². The Bertz CT molecular complexity index is 1810. The van der Waals surface area contributed by atoms with Crippen LogP contribution in [-0.2, 0) is 16.1 Å². The topological polar surface area (TPSA) is 110 Å².